The molecule has 12 heteroatoms. The van der Waals surface area contributed by atoms with E-state index in [2.05, 4.69) is 10.0 Å². The van der Waals surface area contributed by atoms with E-state index in [1.54, 1.807) is 24.3 Å². The number of hydrogen-bond acceptors (Lipinski definition) is 7. The summed E-state index contributed by atoms with van der Waals surface area (Å²) >= 11 is 0. The molecule has 0 saturated carbocycles. The van der Waals surface area contributed by atoms with Gasteiger partial charge in [0.2, 0.25) is 21.8 Å². The first-order chi connectivity index (χ1) is 16.7. The van der Waals surface area contributed by atoms with Crippen LogP contribution in [0.5, 0.6) is 11.5 Å². The maximum atomic E-state index is 12.8. The van der Waals surface area contributed by atoms with Gasteiger partial charge in [0.25, 0.3) is 0 Å². The molecule has 0 aromatic heterocycles. The van der Waals surface area contributed by atoms with Crippen molar-refractivity contribution < 1.29 is 27.5 Å². The highest BCUT2D eigenvalue weighted by Crippen LogP contribution is 2.29. The molecule has 35 heavy (non-hydrogen) atoms. The number of nitrogens with zero attached hydrogens (tertiary/aromatic N) is 1. The Bertz CT molecular complexity index is 1200. The molecule has 1 fully saturated rings. The number of ether oxygens (including phenoxy) is 2. The van der Waals surface area contributed by atoms with Crippen LogP contribution in [-0.4, -0.2) is 64.3 Å². The average Bonchev–Trinajstić information content (AvgIpc) is 3.36. The third-order valence-corrected chi connectivity index (χ3v) is 7.09. The largest absolute Gasteiger partial charge is 0.493 e. The Kier molecular flexibility index (Phi) is 8.30. The molecule has 2 aromatic carbocycles. The molecule has 1 aliphatic heterocycles. The summed E-state index contributed by atoms with van der Waals surface area (Å²) < 4.78 is 37.9. The van der Waals surface area contributed by atoms with Crippen molar-refractivity contribution in [3.63, 3.8) is 0 Å². The minimum absolute atomic E-state index is 0.0394. The summed E-state index contributed by atoms with van der Waals surface area (Å²) in [5, 5.41) is 10.2. The van der Waals surface area contributed by atoms with Gasteiger partial charge in [0.05, 0.1) is 25.7 Å². The zero-order valence-electron chi connectivity index (χ0n) is 19.5. The zero-order valence-corrected chi connectivity index (χ0v) is 20.4. The van der Waals surface area contributed by atoms with Gasteiger partial charge in [-0.05, 0) is 30.5 Å². The lowest BCUT2D eigenvalue weighted by molar-refractivity contribution is -0.137. The van der Waals surface area contributed by atoms with Crippen LogP contribution in [0.1, 0.15) is 24.0 Å². The number of hydrogen-bond donors (Lipinski definition) is 4. The van der Waals surface area contributed by atoms with Crippen molar-refractivity contribution in [1.82, 2.24) is 14.9 Å². The van der Waals surface area contributed by atoms with Crippen molar-refractivity contribution in [1.29, 1.82) is 5.41 Å². The van der Waals surface area contributed by atoms with Crippen LogP contribution in [0.3, 0.4) is 0 Å². The van der Waals surface area contributed by atoms with Gasteiger partial charge in [0, 0.05) is 24.7 Å². The van der Waals surface area contributed by atoms with E-state index in [0.29, 0.717) is 30.7 Å². The molecule has 11 nitrogen and oxygen atoms in total. The molecule has 1 aliphatic rings. The molecule has 0 radical (unpaired) electrons. The smallest absolute Gasteiger partial charge is 0.243 e. The lowest BCUT2D eigenvalue weighted by atomic mass is 10.1. The van der Waals surface area contributed by atoms with E-state index < -0.39 is 28.5 Å². The summed E-state index contributed by atoms with van der Waals surface area (Å²) in [4.78, 5) is 26.8. The molecule has 3 rings (SSSR count). The number of amides is 2. The van der Waals surface area contributed by atoms with E-state index in [0.717, 1.165) is 5.56 Å². The highest BCUT2D eigenvalue weighted by Gasteiger charge is 2.34. The molecule has 1 saturated heterocycles. The number of nitrogens with two attached hydrogens (primary N) is 1. The first kappa shape index (κ1) is 26.0. The molecule has 0 unspecified atom stereocenters. The Morgan fingerprint density at radius 3 is 2.43 bits per heavy atom. The SMILES string of the molecule is COc1ccc(S(=O)(=O)NCC(=O)N2CCC[C@H]2C(=O)NCc2ccc(C(=N)N)cc2)cc1OC. The van der Waals surface area contributed by atoms with Gasteiger partial charge >= 0.3 is 0 Å². The van der Waals surface area contributed by atoms with Crippen LogP contribution < -0.4 is 25.2 Å². The summed E-state index contributed by atoms with van der Waals surface area (Å²) in [5.74, 6) is -0.216. The molecule has 2 amide bonds. The fraction of sp³-hybridized carbons (Fsp3) is 0.348. The lowest BCUT2D eigenvalue weighted by Gasteiger charge is -2.24. The highest BCUT2D eigenvalue weighted by atomic mass is 32.2. The quantitative estimate of drug-likeness (QED) is 0.272. The van der Waals surface area contributed by atoms with Crippen molar-refractivity contribution in [2.45, 2.75) is 30.3 Å². The molecule has 0 bridgehead atoms. The van der Waals surface area contributed by atoms with Crippen LogP contribution >= 0.6 is 0 Å². The summed E-state index contributed by atoms with van der Waals surface area (Å²) in [6, 6.07) is 10.4. The Morgan fingerprint density at radius 1 is 1.11 bits per heavy atom. The van der Waals surface area contributed by atoms with Crippen molar-refractivity contribution in [3.8, 4) is 11.5 Å². The average molecular weight is 504 g/mol. The van der Waals surface area contributed by atoms with E-state index in [1.807, 2.05) is 0 Å². The maximum absolute atomic E-state index is 12.8. The van der Waals surface area contributed by atoms with Gasteiger partial charge in [0.15, 0.2) is 11.5 Å². The van der Waals surface area contributed by atoms with Gasteiger partial charge < -0.3 is 25.4 Å². The Morgan fingerprint density at radius 2 is 1.80 bits per heavy atom. The second-order valence-electron chi connectivity index (χ2n) is 7.91. The van der Waals surface area contributed by atoms with Crippen molar-refractivity contribution in [2.24, 2.45) is 5.73 Å². The van der Waals surface area contributed by atoms with Crippen molar-refractivity contribution in [2.75, 3.05) is 27.3 Å². The van der Waals surface area contributed by atoms with Crippen LogP contribution in [0, 0.1) is 5.41 Å². The number of carbonyl (C=O) groups excluding carboxylic acids is 2. The van der Waals surface area contributed by atoms with E-state index >= 15 is 0 Å². The molecule has 2 aromatic rings. The highest BCUT2D eigenvalue weighted by molar-refractivity contribution is 7.89. The molecule has 0 aliphatic carbocycles. The number of benzene rings is 2. The normalized spacial score (nSPS) is 15.5. The first-order valence-electron chi connectivity index (χ1n) is 10.9. The third-order valence-electron chi connectivity index (χ3n) is 5.69. The van der Waals surface area contributed by atoms with E-state index in [-0.39, 0.29) is 28.9 Å². The van der Waals surface area contributed by atoms with Crippen LogP contribution in [0.25, 0.3) is 0 Å². The second kappa shape index (κ2) is 11.2. The molecule has 188 valence electrons. The minimum atomic E-state index is -3.99. The lowest BCUT2D eigenvalue weighted by Crippen LogP contribution is -2.48. The van der Waals surface area contributed by atoms with Gasteiger partial charge in [-0.2, -0.15) is 0 Å². The summed E-state index contributed by atoms with van der Waals surface area (Å²) in [5.41, 5.74) is 6.85. The van der Waals surface area contributed by atoms with Crippen LogP contribution in [0.2, 0.25) is 0 Å². The molecular weight excluding hydrogens is 474 g/mol. The van der Waals surface area contributed by atoms with E-state index in [9.17, 15) is 18.0 Å². The third kappa shape index (κ3) is 6.28. The topological polar surface area (TPSA) is 164 Å². The predicted octanol–water partition coefficient (Wildman–Crippen LogP) is 0.574. The van der Waals surface area contributed by atoms with Gasteiger partial charge in [-0.25, -0.2) is 13.1 Å². The zero-order chi connectivity index (χ0) is 25.6. The minimum Gasteiger partial charge on any atom is -0.493 e. The van der Waals surface area contributed by atoms with Gasteiger partial charge in [-0.15, -0.1) is 0 Å². The molecular formula is C23H29N5O6S. The van der Waals surface area contributed by atoms with E-state index in [4.69, 9.17) is 20.6 Å². The summed E-state index contributed by atoms with van der Waals surface area (Å²) in [7, 11) is -1.16. The van der Waals surface area contributed by atoms with Crippen LogP contribution in [0.4, 0.5) is 0 Å². The number of carbonyl (C=O) groups is 2. The second-order valence-corrected chi connectivity index (χ2v) is 9.68. The predicted molar refractivity (Wildman–Crippen MR) is 129 cm³/mol. The number of likely N-dealkylation sites (tertiary alicyclic amines) is 1. The molecule has 5 N–H and O–H groups in total. The molecule has 0 spiro atoms. The first-order valence-corrected chi connectivity index (χ1v) is 12.4. The molecule has 1 atom stereocenters. The Labute approximate surface area is 204 Å². The number of nitrogen functional groups attached to an aromatic ring is 1. The Balaban J connectivity index is 1.58. The number of methoxy groups -OCH3 is 2. The van der Waals surface area contributed by atoms with Gasteiger partial charge in [-0.3, -0.25) is 15.0 Å². The summed E-state index contributed by atoms with van der Waals surface area (Å²) in [6.45, 7) is 0.136. The number of rotatable bonds is 10. The van der Waals surface area contributed by atoms with Crippen molar-refractivity contribution in [3.05, 3.63) is 53.6 Å². The standard InChI is InChI=1S/C23H29N5O6S/c1-33-19-10-9-17(12-20(19)34-2)35(31,32)27-14-21(29)28-11-3-4-18(28)23(30)26-13-15-5-7-16(8-6-15)22(24)25/h5-10,12,18,27H,3-4,11,13-14H2,1-2H3,(H3,24,25)(H,26,30)/t18-/m0/s1. The fourth-order valence-corrected chi connectivity index (χ4v) is 4.76. The van der Waals surface area contributed by atoms with E-state index in [1.165, 1.54) is 37.3 Å². The monoisotopic (exact) mass is 503 g/mol. The molecule has 1 heterocycles. The number of sulfonamides is 1. The van der Waals surface area contributed by atoms with Gasteiger partial charge in [0.1, 0.15) is 11.9 Å². The number of amidine groups is 1. The fourth-order valence-electron chi connectivity index (χ4n) is 3.77. The Hall–Kier alpha value is -3.64. The van der Waals surface area contributed by atoms with Gasteiger partial charge in [-0.1, -0.05) is 24.3 Å². The summed E-state index contributed by atoms with van der Waals surface area (Å²) in [6.07, 6.45) is 1.13. The van der Waals surface area contributed by atoms with Crippen LogP contribution in [0.15, 0.2) is 47.4 Å². The van der Waals surface area contributed by atoms with Crippen LogP contribution in [-0.2, 0) is 26.2 Å². The number of nitrogens with one attached hydrogen (secondary N) is 3. The van der Waals surface area contributed by atoms with Crippen molar-refractivity contribution >= 4 is 27.7 Å². The maximum Gasteiger partial charge on any atom is 0.243 e.